The van der Waals surface area contributed by atoms with Gasteiger partial charge in [0.25, 0.3) is 6.47 Å². The molecule has 9 heteroatoms. The molecule has 0 aliphatic heterocycles. The van der Waals surface area contributed by atoms with Gasteiger partial charge in [0.15, 0.2) is 0 Å². The third-order valence-corrected chi connectivity index (χ3v) is 0.0393. The zero-order chi connectivity index (χ0) is 6.12. The van der Waals surface area contributed by atoms with E-state index in [1.807, 2.05) is 0 Å². The van der Waals surface area contributed by atoms with Gasteiger partial charge in [0.2, 0.25) is 0 Å². The molecule has 0 radical (unpaired) electrons. The Kier molecular flexibility index (Phi) is 1470. The van der Waals surface area contributed by atoms with E-state index in [4.69, 9.17) is 19.6 Å². The third kappa shape index (κ3) is 1660. The molecule has 0 aromatic heterocycles. The molecule has 0 aliphatic carbocycles. The average Bonchev–Trinajstić information content (AvgIpc) is 1.69. The number of carbonyl (C=O) groups excluding carboxylic acids is 3. The van der Waals surface area contributed by atoms with E-state index in [0.29, 0.717) is 0 Å². The Morgan fingerprint density at radius 2 is 1.14 bits per heavy atom. The summed E-state index contributed by atoms with van der Waals surface area (Å²) in [6.07, 6.45) is 0.250. The molecule has 0 amide bonds. The first-order chi connectivity index (χ1) is 3.33. The van der Waals surface area contributed by atoms with E-state index in [0.717, 1.165) is 0 Å². The molecule has 0 bridgehead atoms. The van der Waals surface area contributed by atoms with Crippen LogP contribution in [0.4, 0.5) is 0 Å². The maximum Gasteiger partial charge on any atom is 1.00 e. The van der Waals surface area contributed by atoms with Crippen molar-refractivity contribution in [2.75, 3.05) is 0 Å². The Morgan fingerprint density at radius 3 is 1.14 bits per heavy atom. The predicted octanol–water partition coefficient (Wildman–Crippen LogP) is -7.77. The second-order valence-electron chi connectivity index (χ2n) is 0.276. The Hall–Kier alpha value is -0.0752. The van der Waals surface area contributed by atoms with Gasteiger partial charge in [-0.1, -0.05) is 22.3 Å². The van der Waals surface area contributed by atoms with Gasteiger partial charge in [-0.15, -0.1) is 0 Å². The van der Waals surface area contributed by atoms with E-state index in [2.05, 4.69) is 4.89 Å². The zero-order valence-corrected chi connectivity index (χ0v) is 6.12. The molecule has 0 fully saturated rings. The third-order valence-electron chi connectivity index (χ3n) is 0.0393. The fraction of sp³-hybridized carbons (Fsp3) is 0.600. The molecule has 0 aromatic carbocycles. The van der Waals surface area contributed by atoms with E-state index in [9.17, 15) is 0 Å². The molecular formula is C5H18Li2O7. The summed E-state index contributed by atoms with van der Waals surface area (Å²) in [5.74, 6) is 0. The van der Waals surface area contributed by atoms with E-state index >= 15 is 0 Å². The van der Waals surface area contributed by atoms with Crippen molar-refractivity contribution in [2.24, 2.45) is 0 Å². The molecule has 0 saturated heterocycles. The smallest absolute Gasteiger partial charge is 1.00 e. The topological polar surface area (TPSA) is 146 Å². The number of carbonyl (C=O) groups is 1. The van der Waals surface area contributed by atoms with Crippen molar-refractivity contribution in [3.63, 3.8) is 0 Å². The summed E-state index contributed by atoms with van der Waals surface area (Å²) in [4.78, 5) is 27.5. The summed E-state index contributed by atoms with van der Waals surface area (Å²) in [6, 6.07) is 0. The molecule has 4 N–H and O–H groups in total. The van der Waals surface area contributed by atoms with Crippen LogP contribution in [0, 0.1) is 0 Å². The largest absolute Gasteiger partial charge is 1.00 e. The van der Waals surface area contributed by atoms with E-state index in [-0.39, 0.29) is 85.0 Å². The molecular weight excluding hydrogens is 186 g/mol. The predicted molar refractivity (Wildman–Crippen MR) is 40.7 cm³/mol. The van der Waals surface area contributed by atoms with Gasteiger partial charge in [-0.2, -0.15) is 9.59 Å². The Bertz CT molecular complexity index is 79.8. The van der Waals surface area contributed by atoms with Crippen LogP contribution < -0.4 is 43.0 Å². The summed E-state index contributed by atoms with van der Waals surface area (Å²) in [7, 11) is 0. The van der Waals surface area contributed by atoms with Crippen LogP contribution in [0.5, 0.6) is 0 Å². The first kappa shape index (κ1) is 95.9. The van der Waals surface area contributed by atoms with Gasteiger partial charge in [-0.25, -0.2) is 0 Å². The summed E-state index contributed by atoms with van der Waals surface area (Å²) < 4.78 is 0. The van der Waals surface area contributed by atoms with Crippen LogP contribution in [-0.4, -0.2) is 23.6 Å². The van der Waals surface area contributed by atoms with E-state index in [1.54, 1.807) is 0 Å². The molecule has 0 unspecified atom stereocenters. The first-order valence-corrected chi connectivity index (χ1v) is 1.05. The van der Waals surface area contributed by atoms with Gasteiger partial charge in [0, 0.05) is 0 Å². The van der Waals surface area contributed by atoms with Crippen molar-refractivity contribution in [3.8, 4) is 0 Å². The van der Waals surface area contributed by atoms with Gasteiger partial charge in [-0.3, -0.25) is 4.79 Å². The van der Waals surface area contributed by atoms with Crippen LogP contribution in [0.25, 0.3) is 0 Å². The Labute approximate surface area is 110 Å². The minimum atomic E-state index is -0.181. The van der Waals surface area contributed by atoms with Crippen LogP contribution in [0.1, 0.15) is 23.7 Å². The van der Waals surface area contributed by atoms with Crippen molar-refractivity contribution in [3.05, 3.63) is 0 Å². The average molecular weight is 204 g/mol. The number of hydrogen-bond donors (Lipinski definition) is 0. The SMILES string of the molecule is C.C.C.O.O.O=C=O.O=CO[O-].[H-].[Li+].[Li+]. The second kappa shape index (κ2) is 215. The minimum absolute atomic E-state index is 0. The molecule has 0 atom stereocenters. The standard InChI is InChI=1S/CH2O3.CO2.3CH4.2Li.2H2O.H/c2-1-4-3;2-1-3;;;;;;;;/h1,3H;;3*1H4;;;2*1H2;/q;;;;;2*+1;;;-1/p-1. The molecule has 0 heterocycles. The number of rotatable bonds is 1. The quantitative estimate of drug-likeness (QED) is 0.180. The van der Waals surface area contributed by atoms with E-state index < -0.39 is 0 Å². The van der Waals surface area contributed by atoms with Crippen LogP contribution >= 0.6 is 0 Å². The summed E-state index contributed by atoms with van der Waals surface area (Å²) >= 11 is 0. The second-order valence-corrected chi connectivity index (χ2v) is 0.276. The normalized spacial score (nSPS) is 2.07. The zero-order valence-electron chi connectivity index (χ0n) is 7.12. The van der Waals surface area contributed by atoms with Gasteiger partial charge in [-0.05, 0) is 0 Å². The molecule has 0 aromatic rings. The number of hydrogen-bond acceptors (Lipinski definition) is 5. The molecule has 0 spiro atoms. The van der Waals surface area contributed by atoms with Crippen LogP contribution in [0.2, 0.25) is 0 Å². The summed E-state index contributed by atoms with van der Waals surface area (Å²) in [5.41, 5.74) is 0. The molecule has 0 aliphatic rings. The Morgan fingerprint density at radius 1 is 1.07 bits per heavy atom. The Balaban J connectivity index is -0.00000000275. The van der Waals surface area contributed by atoms with Crippen LogP contribution in [0.15, 0.2) is 0 Å². The van der Waals surface area contributed by atoms with Crippen molar-refractivity contribution < 1.29 is 74.6 Å². The van der Waals surface area contributed by atoms with Gasteiger partial charge < -0.3 is 22.5 Å². The fourth-order valence-corrected chi connectivity index (χ4v) is 0. The first-order valence-electron chi connectivity index (χ1n) is 1.05. The van der Waals surface area contributed by atoms with Crippen LogP contribution in [0.3, 0.4) is 0 Å². The van der Waals surface area contributed by atoms with Crippen molar-refractivity contribution >= 4 is 12.6 Å². The van der Waals surface area contributed by atoms with Crippen molar-refractivity contribution in [1.82, 2.24) is 0 Å². The minimum Gasteiger partial charge on any atom is -1.00 e. The molecule has 7 nitrogen and oxygen atoms in total. The molecule has 0 rings (SSSR count). The van der Waals surface area contributed by atoms with Crippen LogP contribution in [-0.2, 0) is 19.3 Å². The summed E-state index contributed by atoms with van der Waals surface area (Å²) in [6.45, 7) is -0.181. The summed E-state index contributed by atoms with van der Waals surface area (Å²) in [5, 5.41) is 8.43. The van der Waals surface area contributed by atoms with Gasteiger partial charge >= 0.3 is 43.9 Å². The van der Waals surface area contributed by atoms with Gasteiger partial charge in [0.1, 0.15) is 0 Å². The van der Waals surface area contributed by atoms with Crippen molar-refractivity contribution in [2.45, 2.75) is 22.3 Å². The fourth-order valence-electron chi connectivity index (χ4n) is 0. The maximum atomic E-state index is 8.64. The van der Waals surface area contributed by atoms with E-state index in [1.165, 1.54) is 0 Å². The maximum absolute atomic E-state index is 8.64. The molecule has 0 saturated carbocycles. The van der Waals surface area contributed by atoms with Gasteiger partial charge in [0.05, 0.1) is 0 Å². The molecule has 14 heavy (non-hydrogen) atoms. The molecule has 82 valence electrons. The monoisotopic (exact) mass is 204 g/mol. The van der Waals surface area contributed by atoms with Crippen molar-refractivity contribution in [1.29, 1.82) is 0 Å².